The van der Waals surface area contributed by atoms with Crippen molar-refractivity contribution in [3.63, 3.8) is 0 Å². The maximum atomic E-state index is 3.97. The predicted octanol–water partition coefficient (Wildman–Crippen LogP) is 4.50. The minimum atomic E-state index is 0.155. The molecular formula is C18H26N2. The van der Waals surface area contributed by atoms with Crippen LogP contribution in [0.2, 0.25) is 0 Å². The number of aromatic nitrogens is 1. The van der Waals surface area contributed by atoms with E-state index in [0.29, 0.717) is 0 Å². The summed E-state index contributed by atoms with van der Waals surface area (Å²) in [4.78, 5) is 0. The first kappa shape index (κ1) is 14.9. The number of allylic oxidation sites excluding steroid dienone is 1. The van der Waals surface area contributed by atoms with E-state index in [0.717, 1.165) is 19.5 Å². The molecule has 0 saturated carbocycles. The molecule has 0 spiro atoms. The minimum absolute atomic E-state index is 0.155. The van der Waals surface area contributed by atoms with Crippen molar-refractivity contribution < 1.29 is 0 Å². The highest BCUT2D eigenvalue weighted by Crippen LogP contribution is 2.19. The Balaban J connectivity index is 2.13. The molecule has 2 heteroatoms. The zero-order valence-electron chi connectivity index (χ0n) is 13.2. The van der Waals surface area contributed by atoms with Crippen molar-refractivity contribution in [3.05, 3.63) is 48.2 Å². The number of nitrogens with one attached hydrogen (secondary N) is 1. The van der Waals surface area contributed by atoms with Crippen molar-refractivity contribution in [2.45, 2.75) is 52.7 Å². The molecular weight excluding hydrogens is 244 g/mol. The molecule has 0 bridgehead atoms. The highest BCUT2D eigenvalue weighted by Gasteiger charge is 2.09. The number of hydrogen-bond acceptors (Lipinski definition) is 1. The van der Waals surface area contributed by atoms with Gasteiger partial charge in [0.1, 0.15) is 0 Å². The zero-order chi connectivity index (χ0) is 14.8. The van der Waals surface area contributed by atoms with Crippen molar-refractivity contribution in [1.82, 2.24) is 9.88 Å². The summed E-state index contributed by atoms with van der Waals surface area (Å²) in [6, 6.07) is 8.94. The number of fused-ring (bicyclic) bond motifs is 1. The lowest BCUT2D eigenvalue weighted by Gasteiger charge is -2.20. The standard InChI is InChI=1S/C18H26N2/c1-14(2)8-10-20-11-9-16-12-15(6-7-17(16)20)13-19-18(3,4)5/h6-7,9,11-12,19H,1,8,10,13H2,2-5H3. The highest BCUT2D eigenvalue weighted by atomic mass is 15.0. The van der Waals surface area contributed by atoms with E-state index in [4.69, 9.17) is 0 Å². The molecule has 1 N–H and O–H groups in total. The van der Waals surface area contributed by atoms with Crippen molar-refractivity contribution in [2.24, 2.45) is 0 Å². The molecule has 0 unspecified atom stereocenters. The Labute approximate surface area is 122 Å². The molecule has 0 saturated heterocycles. The molecule has 0 radical (unpaired) electrons. The normalized spacial score (nSPS) is 12.0. The number of rotatable bonds is 5. The molecule has 0 amide bonds. The Morgan fingerprint density at radius 2 is 2.00 bits per heavy atom. The van der Waals surface area contributed by atoms with E-state index in [-0.39, 0.29) is 5.54 Å². The quantitative estimate of drug-likeness (QED) is 0.792. The summed E-state index contributed by atoms with van der Waals surface area (Å²) in [5, 5.41) is 4.85. The second kappa shape index (κ2) is 5.84. The van der Waals surface area contributed by atoms with Crippen molar-refractivity contribution >= 4 is 10.9 Å². The topological polar surface area (TPSA) is 17.0 Å². The smallest absolute Gasteiger partial charge is 0.0480 e. The molecule has 1 aromatic heterocycles. The largest absolute Gasteiger partial charge is 0.347 e. The molecule has 1 aromatic carbocycles. The monoisotopic (exact) mass is 270 g/mol. The van der Waals surface area contributed by atoms with Crippen LogP contribution < -0.4 is 5.32 Å². The Kier molecular flexibility index (Phi) is 4.34. The van der Waals surface area contributed by atoms with Crippen LogP contribution in [0.5, 0.6) is 0 Å². The van der Waals surface area contributed by atoms with Gasteiger partial charge >= 0.3 is 0 Å². The zero-order valence-corrected chi connectivity index (χ0v) is 13.2. The molecule has 108 valence electrons. The average molecular weight is 270 g/mol. The summed E-state index contributed by atoms with van der Waals surface area (Å²) in [5.41, 5.74) is 4.04. The Bertz CT molecular complexity index is 599. The van der Waals surface area contributed by atoms with E-state index in [1.54, 1.807) is 0 Å². The third kappa shape index (κ3) is 3.97. The van der Waals surface area contributed by atoms with E-state index in [2.05, 4.69) is 74.6 Å². The van der Waals surface area contributed by atoms with Crippen molar-refractivity contribution in [2.75, 3.05) is 0 Å². The fourth-order valence-electron chi connectivity index (χ4n) is 2.23. The lowest BCUT2D eigenvalue weighted by Crippen LogP contribution is -2.35. The van der Waals surface area contributed by atoms with Crippen LogP contribution in [0.15, 0.2) is 42.6 Å². The van der Waals surface area contributed by atoms with Crippen LogP contribution in [0.1, 0.15) is 39.7 Å². The lowest BCUT2D eigenvalue weighted by atomic mass is 10.1. The SMILES string of the molecule is C=C(C)CCn1ccc2cc(CNC(C)(C)C)ccc21. The third-order valence-electron chi connectivity index (χ3n) is 3.44. The van der Waals surface area contributed by atoms with Crippen LogP contribution in [-0.2, 0) is 13.1 Å². The molecule has 0 aliphatic rings. The van der Waals surface area contributed by atoms with Gasteiger partial charge in [-0.3, -0.25) is 0 Å². The average Bonchev–Trinajstić information content (AvgIpc) is 2.75. The number of hydrogen-bond donors (Lipinski definition) is 1. The predicted molar refractivity (Wildman–Crippen MR) is 88.0 cm³/mol. The molecule has 0 atom stereocenters. The molecule has 2 nitrogen and oxygen atoms in total. The maximum absolute atomic E-state index is 3.97. The van der Waals surface area contributed by atoms with E-state index in [9.17, 15) is 0 Å². The highest BCUT2D eigenvalue weighted by molar-refractivity contribution is 5.80. The van der Waals surface area contributed by atoms with Crippen LogP contribution in [0.25, 0.3) is 10.9 Å². The van der Waals surface area contributed by atoms with Crippen molar-refractivity contribution in [1.29, 1.82) is 0 Å². The molecule has 1 heterocycles. The van der Waals surface area contributed by atoms with Gasteiger partial charge in [0.05, 0.1) is 0 Å². The van der Waals surface area contributed by atoms with Gasteiger partial charge in [0.15, 0.2) is 0 Å². The summed E-state index contributed by atoms with van der Waals surface area (Å²) < 4.78 is 2.31. The Morgan fingerprint density at radius 3 is 2.65 bits per heavy atom. The van der Waals surface area contributed by atoms with Gasteiger partial charge in [-0.15, -0.1) is 6.58 Å². The van der Waals surface area contributed by atoms with Crippen molar-refractivity contribution in [3.8, 4) is 0 Å². The number of benzene rings is 1. The fraction of sp³-hybridized carbons (Fsp3) is 0.444. The van der Waals surface area contributed by atoms with Crippen LogP contribution in [0, 0.1) is 0 Å². The van der Waals surface area contributed by atoms with Gasteiger partial charge < -0.3 is 9.88 Å². The third-order valence-corrected chi connectivity index (χ3v) is 3.44. The first-order valence-electron chi connectivity index (χ1n) is 7.32. The van der Waals surface area contributed by atoms with Gasteiger partial charge in [-0.2, -0.15) is 0 Å². The molecule has 0 aliphatic carbocycles. The van der Waals surface area contributed by atoms with Crippen LogP contribution in [-0.4, -0.2) is 10.1 Å². The van der Waals surface area contributed by atoms with Crippen LogP contribution in [0.3, 0.4) is 0 Å². The van der Waals surface area contributed by atoms with Gasteiger partial charge in [0, 0.05) is 30.3 Å². The summed E-state index contributed by atoms with van der Waals surface area (Å²) >= 11 is 0. The van der Waals surface area contributed by atoms with E-state index in [1.165, 1.54) is 22.0 Å². The number of nitrogens with zero attached hydrogens (tertiary/aromatic N) is 1. The van der Waals surface area contributed by atoms with E-state index in [1.807, 2.05) is 0 Å². The van der Waals surface area contributed by atoms with Gasteiger partial charge in [-0.05, 0) is 63.3 Å². The van der Waals surface area contributed by atoms with E-state index < -0.39 is 0 Å². The first-order valence-corrected chi connectivity index (χ1v) is 7.32. The molecule has 2 aromatic rings. The maximum Gasteiger partial charge on any atom is 0.0480 e. The van der Waals surface area contributed by atoms with Gasteiger partial charge in [-0.25, -0.2) is 0 Å². The molecule has 0 aliphatic heterocycles. The number of aryl methyl sites for hydroxylation is 1. The lowest BCUT2D eigenvalue weighted by molar-refractivity contribution is 0.424. The minimum Gasteiger partial charge on any atom is -0.347 e. The van der Waals surface area contributed by atoms with E-state index >= 15 is 0 Å². The molecule has 20 heavy (non-hydrogen) atoms. The molecule has 0 fully saturated rings. The Morgan fingerprint density at radius 1 is 1.25 bits per heavy atom. The fourth-order valence-corrected chi connectivity index (χ4v) is 2.23. The Hall–Kier alpha value is -1.54. The van der Waals surface area contributed by atoms with Gasteiger partial charge in [0.25, 0.3) is 0 Å². The summed E-state index contributed by atoms with van der Waals surface area (Å²) in [6.07, 6.45) is 3.21. The van der Waals surface area contributed by atoms with Gasteiger partial charge in [-0.1, -0.05) is 11.6 Å². The van der Waals surface area contributed by atoms with Crippen LogP contribution in [0.4, 0.5) is 0 Å². The van der Waals surface area contributed by atoms with Gasteiger partial charge in [0.2, 0.25) is 0 Å². The van der Waals surface area contributed by atoms with Crippen LogP contribution >= 0.6 is 0 Å². The second-order valence-electron chi connectivity index (χ2n) is 6.71. The summed E-state index contributed by atoms with van der Waals surface area (Å²) in [6.45, 7) is 14.6. The first-order chi connectivity index (χ1) is 9.35. The second-order valence-corrected chi connectivity index (χ2v) is 6.71. The molecule has 2 rings (SSSR count). The summed E-state index contributed by atoms with van der Waals surface area (Å²) in [7, 11) is 0. The summed E-state index contributed by atoms with van der Waals surface area (Å²) in [5.74, 6) is 0.